The van der Waals surface area contributed by atoms with Crippen molar-refractivity contribution >= 4 is 21.6 Å². The van der Waals surface area contributed by atoms with Crippen LogP contribution in [0.4, 0.5) is 0 Å². The molecule has 0 aliphatic rings. The summed E-state index contributed by atoms with van der Waals surface area (Å²) in [6.45, 7) is 9.85. The summed E-state index contributed by atoms with van der Waals surface area (Å²) in [5.41, 5.74) is 0. The molecular formula is C7H17S2. The first kappa shape index (κ1) is 12.4. The largest absolute Gasteiger partial charge is 0.0945 e. The Kier molecular flexibility index (Phi) is 21.8. The van der Waals surface area contributed by atoms with Gasteiger partial charge in [-0.1, -0.05) is 55.7 Å². The highest BCUT2D eigenvalue weighted by atomic mass is 33.1. The van der Waals surface area contributed by atoms with Crippen LogP contribution in [0.2, 0.25) is 0 Å². The van der Waals surface area contributed by atoms with Gasteiger partial charge in [-0.3, -0.25) is 0 Å². The number of hydrogen-bond donors (Lipinski definition) is 0. The molecule has 57 valence electrons. The molecule has 2 heteroatoms. The third kappa shape index (κ3) is 28.5. The summed E-state index contributed by atoms with van der Waals surface area (Å²) in [6.07, 6.45) is 1.00. The normalized spacial score (nSPS) is 8.00. The summed E-state index contributed by atoms with van der Waals surface area (Å²) in [5.74, 6) is 2.47. The van der Waals surface area contributed by atoms with E-state index in [-0.39, 0.29) is 0 Å². The first-order chi connectivity index (χ1) is 4.33. The van der Waals surface area contributed by atoms with Gasteiger partial charge in [-0.15, -0.1) is 0 Å². The molecule has 0 saturated heterocycles. The second kappa shape index (κ2) is 15.9. The lowest BCUT2D eigenvalue weighted by Gasteiger charge is -1.86. The average molecular weight is 165 g/mol. The van der Waals surface area contributed by atoms with E-state index in [1.807, 2.05) is 28.5 Å². The van der Waals surface area contributed by atoms with Gasteiger partial charge in [-0.05, 0) is 0 Å². The molecule has 0 atom stereocenters. The van der Waals surface area contributed by atoms with E-state index >= 15 is 0 Å². The fraction of sp³-hybridized carbons (Fsp3) is 0.857. The van der Waals surface area contributed by atoms with Gasteiger partial charge in [0.15, 0.2) is 0 Å². The van der Waals surface area contributed by atoms with Crippen LogP contribution in [0.1, 0.15) is 27.2 Å². The molecule has 0 aromatic heterocycles. The van der Waals surface area contributed by atoms with Crippen molar-refractivity contribution in [2.24, 2.45) is 0 Å². The van der Waals surface area contributed by atoms with Crippen molar-refractivity contribution in [3.05, 3.63) is 6.92 Å². The Morgan fingerprint density at radius 1 is 1.00 bits per heavy atom. The van der Waals surface area contributed by atoms with E-state index < -0.39 is 0 Å². The highest BCUT2D eigenvalue weighted by Crippen LogP contribution is 2.18. The molecule has 1 radical (unpaired) electrons. The highest BCUT2D eigenvalue weighted by Gasteiger charge is 1.75. The maximum Gasteiger partial charge on any atom is 0.000844 e. The Balaban J connectivity index is 0. The van der Waals surface area contributed by atoms with E-state index in [1.165, 1.54) is 11.5 Å². The summed E-state index contributed by atoms with van der Waals surface area (Å²) in [5, 5.41) is 0. The zero-order chi connectivity index (χ0) is 7.54. The Morgan fingerprint density at radius 2 is 1.22 bits per heavy atom. The topological polar surface area (TPSA) is 0 Å². The first-order valence-electron chi connectivity index (χ1n) is 3.37. The minimum atomic E-state index is 1.00. The third-order valence-corrected chi connectivity index (χ3v) is 2.87. The van der Waals surface area contributed by atoms with E-state index in [4.69, 9.17) is 0 Å². The van der Waals surface area contributed by atoms with Crippen LogP contribution in [-0.4, -0.2) is 11.5 Å². The van der Waals surface area contributed by atoms with Crippen LogP contribution in [0.5, 0.6) is 0 Å². The summed E-state index contributed by atoms with van der Waals surface area (Å²) in [4.78, 5) is 0. The molecule has 0 fully saturated rings. The quantitative estimate of drug-likeness (QED) is 0.462. The Bertz CT molecular complexity index is 26.1. The van der Waals surface area contributed by atoms with E-state index in [0.29, 0.717) is 0 Å². The molecule has 0 saturated carbocycles. The Morgan fingerprint density at radius 3 is 1.33 bits per heavy atom. The lowest BCUT2D eigenvalue weighted by molar-refractivity contribution is 1.23. The minimum Gasteiger partial charge on any atom is -0.0945 e. The van der Waals surface area contributed by atoms with E-state index in [1.54, 1.807) is 0 Å². The van der Waals surface area contributed by atoms with Crippen molar-refractivity contribution < 1.29 is 0 Å². The van der Waals surface area contributed by atoms with Gasteiger partial charge in [-0.2, -0.15) is 0 Å². The summed E-state index contributed by atoms with van der Waals surface area (Å²) < 4.78 is 0. The number of rotatable bonds is 3. The van der Waals surface area contributed by atoms with Gasteiger partial charge in [0.05, 0.1) is 0 Å². The van der Waals surface area contributed by atoms with Crippen molar-refractivity contribution in [2.45, 2.75) is 27.2 Å². The summed E-state index contributed by atoms with van der Waals surface area (Å²) >= 11 is 0. The maximum atomic E-state index is 3.49. The predicted octanol–water partition coefficient (Wildman–Crippen LogP) is 3.64. The molecule has 0 amide bonds. The Labute approximate surface area is 67.6 Å². The van der Waals surface area contributed by atoms with Gasteiger partial charge in [0, 0.05) is 11.5 Å². The van der Waals surface area contributed by atoms with Crippen LogP contribution in [-0.2, 0) is 0 Å². The zero-order valence-electron chi connectivity index (χ0n) is 6.64. The summed E-state index contributed by atoms with van der Waals surface area (Å²) in [7, 11) is 3.85. The van der Waals surface area contributed by atoms with Crippen molar-refractivity contribution in [3.63, 3.8) is 0 Å². The van der Waals surface area contributed by atoms with E-state index in [0.717, 1.165) is 6.42 Å². The minimum absolute atomic E-state index is 1.00. The molecular weight excluding hydrogens is 148 g/mol. The second-order valence-corrected chi connectivity index (χ2v) is 4.35. The fourth-order valence-corrected chi connectivity index (χ4v) is 1.50. The van der Waals surface area contributed by atoms with Crippen LogP contribution < -0.4 is 0 Å². The molecule has 0 unspecified atom stereocenters. The first-order valence-corrected chi connectivity index (χ1v) is 5.85. The maximum absolute atomic E-state index is 3.49. The van der Waals surface area contributed by atoms with Crippen LogP contribution >= 0.6 is 21.6 Å². The molecule has 0 N–H and O–H groups in total. The molecule has 0 spiro atoms. The molecule has 0 aromatic rings. The highest BCUT2D eigenvalue weighted by molar-refractivity contribution is 8.76. The lowest BCUT2D eigenvalue weighted by atomic mass is 10.6. The van der Waals surface area contributed by atoms with Gasteiger partial charge < -0.3 is 0 Å². The average Bonchev–Trinajstić information content (AvgIpc) is 1.86. The predicted molar refractivity (Wildman–Crippen MR) is 51.9 cm³/mol. The third-order valence-electron chi connectivity index (χ3n) is 0.319. The van der Waals surface area contributed by atoms with Crippen LogP contribution in [0, 0.1) is 6.92 Å². The van der Waals surface area contributed by atoms with Crippen LogP contribution in [0.3, 0.4) is 0 Å². The van der Waals surface area contributed by atoms with E-state index in [2.05, 4.69) is 20.8 Å². The van der Waals surface area contributed by atoms with Crippen LogP contribution in [0.25, 0.3) is 0 Å². The SMILES string of the molecule is CCSSCC.[CH2]CC. The smallest absolute Gasteiger partial charge is 0.000844 e. The van der Waals surface area contributed by atoms with Gasteiger partial charge in [0.1, 0.15) is 0 Å². The molecule has 0 aromatic carbocycles. The molecule has 0 heterocycles. The van der Waals surface area contributed by atoms with Crippen molar-refractivity contribution in [1.82, 2.24) is 0 Å². The lowest BCUT2D eigenvalue weighted by Crippen LogP contribution is -1.59. The van der Waals surface area contributed by atoms with Crippen LogP contribution in [0.15, 0.2) is 0 Å². The monoisotopic (exact) mass is 165 g/mol. The van der Waals surface area contributed by atoms with Gasteiger partial charge in [0.25, 0.3) is 0 Å². The van der Waals surface area contributed by atoms with Gasteiger partial charge in [0.2, 0.25) is 0 Å². The Hall–Kier alpha value is 0.700. The van der Waals surface area contributed by atoms with Crippen molar-refractivity contribution in [1.29, 1.82) is 0 Å². The molecule has 0 bridgehead atoms. The van der Waals surface area contributed by atoms with Gasteiger partial charge >= 0.3 is 0 Å². The standard InChI is InChI=1S/C4H10S2.C3H7/c1-3-5-6-4-2;1-3-2/h3-4H2,1-2H3;1,3H2,2H3. The molecule has 9 heavy (non-hydrogen) atoms. The van der Waals surface area contributed by atoms with Gasteiger partial charge in [-0.25, -0.2) is 0 Å². The van der Waals surface area contributed by atoms with Crippen molar-refractivity contribution in [3.8, 4) is 0 Å². The second-order valence-electron chi connectivity index (χ2n) is 1.31. The molecule has 0 nitrogen and oxygen atoms in total. The van der Waals surface area contributed by atoms with Crippen molar-refractivity contribution in [2.75, 3.05) is 11.5 Å². The zero-order valence-corrected chi connectivity index (χ0v) is 8.28. The molecule has 0 aliphatic heterocycles. The van der Waals surface area contributed by atoms with E-state index in [9.17, 15) is 0 Å². The molecule has 0 rings (SSSR count). The summed E-state index contributed by atoms with van der Waals surface area (Å²) in [6, 6.07) is 0. The number of hydrogen-bond acceptors (Lipinski definition) is 2. The fourth-order valence-electron chi connectivity index (χ4n) is 0.167. The molecule has 0 aliphatic carbocycles.